The number of hydrogen-bond donors (Lipinski definition) is 0. The van der Waals surface area contributed by atoms with Crippen LogP contribution in [-0.2, 0) is 12.8 Å². The summed E-state index contributed by atoms with van der Waals surface area (Å²) in [6.45, 7) is 2.01. The van der Waals surface area contributed by atoms with Crippen LogP contribution in [-0.4, -0.2) is 0 Å². The molecule has 2 aromatic carbocycles. The van der Waals surface area contributed by atoms with Crippen LogP contribution in [0.5, 0.6) is 5.75 Å². The van der Waals surface area contributed by atoms with E-state index in [0.717, 1.165) is 47.1 Å². The van der Waals surface area contributed by atoms with Gasteiger partial charge in [0.05, 0.1) is 0 Å². The molecular formula is C20H18O3. The molecule has 1 aromatic heterocycles. The molecule has 0 saturated heterocycles. The van der Waals surface area contributed by atoms with E-state index >= 15 is 0 Å². The molecule has 4 rings (SSSR count). The third-order valence-electron chi connectivity index (χ3n) is 4.53. The van der Waals surface area contributed by atoms with Crippen molar-refractivity contribution in [1.82, 2.24) is 0 Å². The number of benzene rings is 2. The van der Waals surface area contributed by atoms with Gasteiger partial charge in [0.2, 0.25) is 0 Å². The van der Waals surface area contributed by atoms with E-state index in [9.17, 15) is 4.79 Å². The fourth-order valence-electron chi connectivity index (χ4n) is 3.33. The summed E-state index contributed by atoms with van der Waals surface area (Å²) in [6.07, 6.45) is 2.76. The van der Waals surface area contributed by atoms with Crippen molar-refractivity contribution < 1.29 is 9.15 Å². The molecule has 0 radical (unpaired) electrons. The number of rotatable bonds is 3. The highest BCUT2D eigenvalue weighted by Crippen LogP contribution is 2.31. The molecule has 0 bridgehead atoms. The molecule has 0 amide bonds. The first-order valence-corrected chi connectivity index (χ1v) is 8.02. The highest BCUT2D eigenvalue weighted by Gasteiger charge is 2.19. The molecule has 1 atom stereocenters. The van der Waals surface area contributed by atoms with Gasteiger partial charge in [0.1, 0.15) is 17.4 Å². The molecule has 23 heavy (non-hydrogen) atoms. The molecule has 1 unspecified atom stereocenters. The molecule has 1 aliphatic carbocycles. The van der Waals surface area contributed by atoms with E-state index in [0.29, 0.717) is 5.58 Å². The van der Waals surface area contributed by atoms with Gasteiger partial charge in [-0.1, -0.05) is 30.3 Å². The molecule has 3 heteroatoms. The van der Waals surface area contributed by atoms with Gasteiger partial charge in [-0.2, -0.15) is 0 Å². The number of hydrogen-bond acceptors (Lipinski definition) is 3. The van der Waals surface area contributed by atoms with Gasteiger partial charge < -0.3 is 9.15 Å². The highest BCUT2D eigenvalue weighted by molar-refractivity contribution is 5.83. The first-order chi connectivity index (χ1) is 11.2. The Balaban J connectivity index is 1.70. The quantitative estimate of drug-likeness (QED) is 0.672. The fourth-order valence-corrected chi connectivity index (χ4v) is 3.33. The predicted molar refractivity (Wildman–Crippen MR) is 90.0 cm³/mol. The van der Waals surface area contributed by atoms with Crippen LogP contribution in [0.3, 0.4) is 0 Å². The lowest BCUT2D eigenvalue weighted by Gasteiger charge is -2.15. The summed E-state index contributed by atoms with van der Waals surface area (Å²) in [5.74, 6) is 0.718. The second-order valence-electron chi connectivity index (χ2n) is 6.03. The zero-order chi connectivity index (χ0) is 15.8. The Hall–Kier alpha value is -2.55. The van der Waals surface area contributed by atoms with E-state index in [2.05, 4.69) is 0 Å². The van der Waals surface area contributed by atoms with Crippen LogP contribution in [0.2, 0.25) is 0 Å². The first-order valence-electron chi connectivity index (χ1n) is 8.02. The zero-order valence-corrected chi connectivity index (χ0v) is 13.0. The highest BCUT2D eigenvalue weighted by atomic mass is 16.5. The van der Waals surface area contributed by atoms with Gasteiger partial charge in [0, 0.05) is 17.0 Å². The van der Waals surface area contributed by atoms with Crippen molar-refractivity contribution in [3.8, 4) is 5.75 Å². The standard InChI is InChI=1S/C20H18O3/c1-13(14-6-3-2-4-7-14)22-15-10-11-17-16-8-5-9-18(16)20(21)23-19(17)12-15/h2-4,6-7,10-13H,5,8-9H2,1H3. The summed E-state index contributed by atoms with van der Waals surface area (Å²) in [6, 6.07) is 15.9. The van der Waals surface area contributed by atoms with E-state index in [1.807, 2.05) is 55.5 Å². The molecule has 3 nitrogen and oxygen atoms in total. The average molecular weight is 306 g/mol. The van der Waals surface area contributed by atoms with Crippen molar-refractivity contribution in [2.45, 2.75) is 32.3 Å². The molecule has 0 fully saturated rings. The molecule has 0 aliphatic heterocycles. The summed E-state index contributed by atoms with van der Waals surface area (Å²) in [5, 5.41) is 1.04. The topological polar surface area (TPSA) is 39.4 Å². The second kappa shape index (κ2) is 5.58. The van der Waals surface area contributed by atoms with Gasteiger partial charge in [-0.15, -0.1) is 0 Å². The fraction of sp³-hybridized carbons (Fsp3) is 0.250. The van der Waals surface area contributed by atoms with Gasteiger partial charge in [-0.3, -0.25) is 0 Å². The first kappa shape index (κ1) is 14.1. The van der Waals surface area contributed by atoms with Crippen molar-refractivity contribution in [2.24, 2.45) is 0 Å². The number of ether oxygens (including phenoxy) is 1. The Morgan fingerprint density at radius 3 is 2.65 bits per heavy atom. The third kappa shape index (κ3) is 2.52. The SMILES string of the molecule is CC(Oc1ccc2c3c(c(=O)oc2c1)CCC3)c1ccccc1. The third-order valence-corrected chi connectivity index (χ3v) is 4.53. The lowest BCUT2D eigenvalue weighted by Crippen LogP contribution is -2.07. The van der Waals surface area contributed by atoms with Gasteiger partial charge in [0.25, 0.3) is 0 Å². The van der Waals surface area contributed by atoms with E-state index in [4.69, 9.17) is 9.15 Å². The Labute approximate surface area is 134 Å². The van der Waals surface area contributed by atoms with Crippen LogP contribution in [0.25, 0.3) is 11.0 Å². The number of fused-ring (bicyclic) bond motifs is 3. The maximum atomic E-state index is 12.1. The molecule has 1 heterocycles. The molecule has 116 valence electrons. The van der Waals surface area contributed by atoms with Crippen molar-refractivity contribution >= 4 is 11.0 Å². The minimum atomic E-state index is -0.196. The van der Waals surface area contributed by atoms with Gasteiger partial charge in [-0.25, -0.2) is 4.79 Å². The minimum Gasteiger partial charge on any atom is -0.486 e. The van der Waals surface area contributed by atoms with Crippen LogP contribution in [0, 0.1) is 0 Å². The van der Waals surface area contributed by atoms with Crippen molar-refractivity contribution in [3.05, 3.63) is 75.6 Å². The molecule has 0 spiro atoms. The van der Waals surface area contributed by atoms with Gasteiger partial charge >= 0.3 is 5.63 Å². The van der Waals surface area contributed by atoms with E-state index in [-0.39, 0.29) is 11.7 Å². The van der Waals surface area contributed by atoms with Crippen molar-refractivity contribution in [1.29, 1.82) is 0 Å². The van der Waals surface area contributed by atoms with Crippen LogP contribution < -0.4 is 10.4 Å². The monoisotopic (exact) mass is 306 g/mol. The molecule has 0 N–H and O–H groups in total. The summed E-state index contributed by atoms with van der Waals surface area (Å²) in [5.41, 5.74) is 3.54. The summed E-state index contributed by atoms with van der Waals surface area (Å²) < 4.78 is 11.5. The van der Waals surface area contributed by atoms with Gasteiger partial charge in [0.15, 0.2) is 0 Å². The van der Waals surface area contributed by atoms with Crippen LogP contribution in [0.4, 0.5) is 0 Å². The Kier molecular flexibility index (Phi) is 3.41. The molecule has 0 saturated carbocycles. The average Bonchev–Trinajstić information content (AvgIpc) is 3.06. The Bertz CT molecular complexity index is 909. The maximum Gasteiger partial charge on any atom is 0.339 e. The van der Waals surface area contributed by atoms with Crippen LogP contribution in [0.1, 0.15) is 36.1 Å². The van der Waals surface area contributed by atoms with Gasteiger partial charge in [-0.05, 0) is 49.4 Å². The Morgan fingerprint density at radius 1 is 1.04 bits per heavy atom. The minimum absolute atomic E-state index is 0.0604. The summed E-state index contributed by atoms with van der Waals surface area (Å²) in [4.78, 5) is 12.1. The number of aryl methyl sites for hydroxylation is 1. The van der Waals surface area contributed by atoms with E-state index < -0.39 is 0 Å². The summed E-state index contributed by atoms with van der Waals surface area (Å²) >= 11 is 0. The molecular weight excluding hydrogens is 288 g/mol. The van der Waals surface area contributed by atoms with E-state index in [1.165, 1.54) is 0 Å². The van der Waals surface area contributed by atoms with Crippen molar-refractivity contribution in [3.63, 3.8) is 0 Å². The Morgan fingerprint density at radius 2 is 1.83 bits per heavy atom. The lowest BCUT2D eigenvalue weighted by molar-refractivity contribution is 0.227. The smallest absolute Gasteiger partial charge is 0.339 e. The largest absolute Gasteiger partial charge is 0.486 e. The van der Waals surface area contributed by atoms with Crippen LogP contribution in [0.15, 0.2) is 57.7 Å². The lowest BCUT2D eigenvalue weighted by atomic mass is 10.1. The van der Waals surface area contributed by atoms with Crippen LogP contribution >= 0.6 is 0 Å². The normalized spacial score (nSPS) is 14.7. The zero-order valence-electron chi connectivity index (χ0n) is 13.0. The summed E-state index contributed by atoms with van der Waals surface area (Å²) in [7, 11) is 0. The predicted octanol–water partition coefficient (Wildman–Crippen LogP) is 4.42. The second-order valence-corrected chi connectivity index (χ2v) is 6.03. The molecule has 3 aromatic rings. The molecule has 1 aliphatic rings. The van der Waals surface area contributed by atoms with E-state index in [1.54, 1.807) is 0 Å². The maximum absolute atomic E-state index is 12.1. The van der Waals surface area contributed by atoms with Crippen molar-refractivity contribution in [2.75, 3.05) is 0 Å².